The number of fused-ring (bicyclic) bond motifs is 1. The van der Waals surface area contributed by atoms with Gasteiger partial charge in [0.1, 0.15) is 11.3 Å². The lowest BCUT2D eigenvalue weighted by Gasteiger charge is -2.38. The first-order valence-corrected chi connectivity index (χ1v) is 12.9. The molecule has 2 saturated carbocycles. The summed E-state index contributed by atoms with van der Waals surface area (Å²) in [5, 5.41) is 4.25. The largest absolute Gasteiger partial charge is 0.497 e. The summed E-state index contributed by atoms with van der Waals surface area (Å²) in [6, 6.07) is 15.8. The second kappa shape index (κ2) is 8.68. The van der Waals surface area contributed by atoms with Crippen molar-refractivity contribution in [1.82, 2.24) is 9.88 Å². The molecule has 0 radical (unpaired) electrons. The van der Waals surface area contributed by atoms with Crippen LogP contribution in [0, 0.1) is 18.3 Å². The van der Waals surface area contributed by atoms with Crippen molar-refractivity contribution >= 4 is 28.4 Å². The van der Waals surface area contributed by atoms with E-state index in [0.717, 1.165) is 24.1 Å². The van der Waals surface area contributed by atoms with Crippen LogP contribution in [0.15, 0.2) is 48.5 Å². The van der Waals surface area contributed by atoms with E-state index in [1.54, 1.807) is 7.11 Å². The Bertz CT molecular complexity index is 1300. The number of anilines is 1. The molecule has 6 heteroatoms. The Kier molecular flexibility index (Phi) is 5.89. The van der Waals surface area contributed by atoms with E-state index in [-0.39, 0.29) is 29.2 Å². The fraction of sp³-hybridized carbons (Fsp3) is 0.467. The van der Waals surface area contributed by atoms with Crippen molar-refractivity contribution in [2.24, 2.45) is 11.3 Å². The van der Waals surface area contributed by atoms with Crippen LogP contribution in [-0.4, -0.2) is 40.4 Å². The Morgan fingerprint density at radius 3 is 2.42 bits per heavy atom. The van der Waals surface area contributed by atoms with Crippen molar-refractivity contribution in [2.75, 3.05) is 12.4 Å². The molecule has 0 aliphatic heterocycles. The molecule has 2 aliphatic rings. The fourth-order valence-corrected chi connectivity index (χ4v) is 6.06. The summed E-state index contributed by atoms with van der Waals surface area (Å²) >= 11 is 0. The number of carbonyl (C=O) groups excluding carboxylic acids is 2. The van der Waals surface area contributed by atoms with Gasteiger partial charge in [0.15, 0.2) is 0 Å². The van der Waals surface area contributed by atoms with Gasteiger partial charge in [0.05, 0.1) is 7.11 Å². The summed E-state index contributed by atoms with van der Waals surface area (Å²) in [6.45, 7) is 10.4. The van der Waals surface area contributed by atoms with Crippen LogP contribution in [0.5, 0.6) is 5.75 Å². The normalized spacial score (nSPS) is 20.7. The summed E-state index contributed by atoms with van der Waals surface area (Å²) in [7, 11) is 1.61. The topological polar surface area (TPSA) is 74.4 Å². The number of para-hydroxylation sites is 1. The number of aromatic amines is 1. The molecule has 2 amide bonds. The number of nitrogens with zero attached hydrogens (tertiary/aromatic N) is 1. The van der Waals surface area contributed by atoms with Crippen LogP contribution in [0.4, 0.5) is 5.69 Å². The Labute approximate surface area is 213 Å². The molecule has 1 aromatic heterocycles. The smallest absolute Gasteiger partial charge is 0.249 e. The van der Waals surface area contributed by atoms with Crippen LogP contribution >= 0.6 is 0 Å². The fourth-order valence-electron chi connectivity index (χ4n) is 6.06. The first-order valence-electron chi connectivity index (χ1n) is 12.9. The second-order valence-electron chi connectivity index (χ2n) is 11.6. The molecule has 0 unspecified atom stereocenters. The second-order valence-corrected chi connectivity index (χ2v) is 11.6. The lowest BCUT2D eigenvalue weighted by Crippen LogP contribution is -2.56. The highest BCUT2D eigenvalue weighted by molar-refractivity contribution is 6.00. The summed E-state index contributed by atoms with van der Waals surface area (Å²) in [5.41, 5.74) is 3.42. The van der Waals surface area contributed by atoms with Crippen LogP contribution in [0.2, 0.25) is 0 Å². The van der Waals surface area contributed by atoms with Crippen molar-refractivity contribution in [2.45, 2.75) is 71.4 Å². The molecule has 6 nitrogen and oxygen atoms in total. The lowest BCUT2D eigenvalue weighted by atomic mass is 9.98. The van der Waals surface area contributed by atoms with Gasteiger partial charge in [-0.1, -0.05) is 32.0 Å². The highest BCUT2D eigenvalue weighted by Gasteiger charge is 2.60. The quantitative estimate of drug-likeness (QED) is 0.408. The van der Waals surface area contributed by atoms with E-state index in [1.165, 1.54) is 16.6 Å². The number of amides is 2. The van der Waals surface area contributed by atoms with Crippen molar-refractivity contribution in [3.63, 3.8) is 0 Å². The molecule has 2 aliphatic carbocycles. The van der Waals surface area contributed by atoms with Gasteiger partial charge in [-0.25, -0.2) is 0 Å². The Balaban J connectivity index is 1.34. The van der Waals surface area contributed by atoms with Crippen molar-refractivity contribution in [1.29, 1.82) is 0 Å². The number of ether oxygens (including phenoxy) is 1. The predicted octanol–water partition coefficient (Wildman–Crippen LogP) is 6.02. The van der Waals surface area contributed by atoms with E-state index in [4.69, 9.17) is 4.74 Å². The van der Waals surface area contributed by atoms with E-state index in [9.17, 15) is 9.59 Å². The molecule has 1 heterocycles. The third kappa shape index (κ3) is 4.16. The zero-order chi connectivity index (χ0) is 25.8. The number of hydrogen-bond acceptors (Lipinski definition) is 3. The van der Waals surface area contributed by atoms with Crippen molar-refractivity contribution in [3.05, 3.63) is 59.8 Å². The van der Waals surface area contributed by atoms with E-state index in [2.05, 4.69) is 49.3 Å². The van der Waals surface area contributed by atoms with E-state index in [0.29, 0.717) is 18.0 Å². The molecule has 0 saturated heterocycles. The van der Waals surface area contributed by atoms with Gasteiger partial charge in [-0.3, -0.25) is 9.59 Å². The summed E-state index contributed by atoms with van der Waals surface area (Å²) in [5.74, 6) is 1.19. The standard InChI is InChI=1S/C30H37N3O3/c1-18-26(22-9-7-8-10-24(22)31-18)27-23(29(27,2)3)17-25(34)33(20-13-14-20)30(4,5)28(35)32-19-11-15-21(36-6)16-12-19/h7-12,15-16,20,23,27,31H,13-14,17H2,1-6H3,(H,32,35)/t23-,27+/m0/s1. The Morgan fingerprint density at radius 1 is 1.11 bits per heavy atom. The first kappa shape index (κ1) is 24.4. The number of benzene rings is 2. The van der Waals surface area contributed by atoms with Crippen LogP contribution in [0.25, 0.3) is 10.9 Å². The Morgan fingerprint density at radius 2 is 1.78 bits per heavy atom. The minimum absolute atomic E-state index is 0.0239. The molecule has 2 aromatic carbocycles. The summed E-state index contributed by atoms with van der Waals surface area (Å²) in [6.07, 6.45) is 2.35. The molecule has 0 bridgehead atoms. The molecule has 2 atom stereocenters. The Hall–Kier alpha value is -3.28. The van der Waals surface area contributed by atoms with E-state index < -0.39 is 5.54 Å². The molecule has 5 rings (SSSR count). The van der Waals surface area contributed by atoms with E-state index in [1.807, 2.05) is 49.1 Å². The molecule has 0 spiro atoms. The molecule has 36 heavy (non-hydrogen) atoms. The van der Waals surface area contributed by atoms with Crippen LogP contribution < -0.4 is 10.1 Å². The van der Waals surface area contributed by atoms with Gasteiger partial charge in [-0.15, -0.1) is 0 Å². The highest BCUT2D eigenvalue weighted by Crippen LogP contribution is 2.67. The molecular weight excluding hydrogens is 450 g/mol. The summed E-state index contributed by atoms with van der Waals surface area (Å²) in [4.78, 5) is 32.6. The SMILES string of the molecule is COc1ccc(NC(=O)C(C)(C)N(C(=O)C[C@H]2[C@H](c3c(C)[nH]c4ccccc34)C2(C)C)C2CC2)cc1. The number of aryl methyl sites for hydroxylation is 1. The molecule has 3 aromatic rings. The average molecular weight is 488 g/mol. The van der Waals surface area contributed by atoms with Gasteiger partial charge in [0, 0.05) is 34.7 Å². The number of nitrogens with one attached hydrogen (secondary N) is 2. The third-order valence-electron chi connectivity index (χ3n) is 8.39. The number of carbonyl (C=O) groups is 2. The maximum Gasteiger partial charge on any atom is 0.249 e. The zero-order valence-electron chi connectivity index (χ0n) is 22.1. The van der Waals surface area contributed by atoms with Crippen LogP contribution in [0.3, 0.4) is 0 Å². The minimum atomic E-state index is -0.955. The predicted molar refractivity (Wildman–Crippen MR) is 143 cm³/mol. The number of rotatable bonds is 8. The molecule has 2 fully saturated rings. The highest BCUT2D eigenvalue weighted by atomic mass is 16.5. The van der Waals surface area contributed by atoms with Gasteiger partial charge in [0.25, 0.3) is 0 Å². The lowest BCUT2D eigenvalue weighted by molar-refractivity contribution is -0.144. The monoisotopic (exact) mass is 487 g/mol. The maximum absolute atomic E-state index is 13.8. The molecular formula is C30H37N3O3. The van der Waals surface area contributed by atoms with Gasteiger partial charge >= 0.3 is 0 Å². The zero-order valence-corrected chi connectivity index (χ0v) is 22.1. The van der Waals surface area contributed by atoms with Crippen molar-refractivity contribution < 1.29 is 14.3 Å². The van der Waals surface area contributed by atoms with Gasteiger partial charge < -0.3 is 19.9 Å². The first-order chi connectivity index (χ1) is 17.1. The number of H-pyrrole nitrogens is 1. The molecule has 2 N–H and O–H groups in total. The number of methoxy groups -OCH3 is 1. The van der Waals surface area contributed by atoms with Gasteiger partial charge in [0.2, 0.25) is 11.8 Å². The van der Waals surface area contributed by atoms with Gasteiger partial charge in [-0.2, -0.15) is 0 Å². The minimum Gasteiger partial charge on any atom is -0.497 e. The average Bonchev–Trinajstić information content (AvgIpc) is 3.72. The van der Waals surface area contributed by atoms with Crippen LogP contribution in [-0.2, 0) is 9.59 Å². The van der Waals surface area contributed by atoms with Crippen LogP contribution in [0.1, 0.15) is 64.1 Å². The van der Waals surface area contributed by atoms with Crippen molar-refractivity contribution in [3.8, 4) is 5.75 Å². The number of hydrogen-bond donors (Lipinski definition) is 2. The third-order valence-corrected chi connectivity index (χ3v) is 8.39. The molecule has 190 valence electrons. The maximum atomic E-state index is 13.8. The summed E-state index contributed by atoms with van der Waals surface area (Å²) < 4.78 is 5.21. The van der Waals surface area contributed by atoms with Gasteiger partial charge in [-0.05, 0) is 86.8 Å². The number of aromatic nitrogens is 1. The van der Waals surface area contributed by atoms with E-state index >= 15 is 0 Å².